The first-order chi connectivity index (χ1) is 7.40. The van der Waals surface area contributed by atoms with Crippen LogP contribution in [-0.4, -0.2) is 5.54 Å². The summed E-state index contributed by atoms with van der Waals surface area (Å²) in [5.74, 6) is 0. The lowest BCUT2D eigenvalue weighted by Gasteiger charge is -2.42. The molecule has 0 radical (unpaired) electrons. The van der Waals surface area contributed by atoms with Gasteiger partial charge in [-0.1, -0.05) is 20.3 Å². The molecular formula is C13H20BrNS. The third-order valence-electron chi connectivity index (χ3n) is 3.56. The van der Waals surface area contributed by atoms with E-state index < -0.39 is 0 Å². The zero-order valence-corrected chi connectivity index (χ0v) is 12.5. The van der Waals surface area contributed by atoms with Gasteiger partial charge in [0.2, 0.25) is 0 Å². The van der Waals surface area contributed by atoms with Gasteiger partial charge in [0, 0.05) is 21.3 Å². The van der Waals surface area contributed by atoms with Gasteiger partial charge in [-0.15, -0.1) is 11.3 Å². The second-order valence-corrected chi connectivity index (χ2v) is 7.78. The van der Waals surface area contributed by atoms with Crippen LogP contribution in [0.25, 0.3) is 0 Å². The summed E-state index contributed by atoms with van der Waals surface area (Å²) in [5.41, 5.74) is 7.00. The molecule has 1 aliphatic rings. The van der Waals surface area contributed by atoms with Crippen molar-refractivity contribution in [3.63, 3.8) is 0 Å². The predicted octanol–water partition coefficient (Wildman–Crippen LogP) is 4.35. The Balaban J connectivity index is 2.11. The second kappa shape index (κ2) is 4.43. The molecule has 16 heavy (non-hydrogen) atoms. The standard InChI is InChI=1S/C13H20BrNS/c1-12(2)5-3-6-13(15,9-12)8-11-10(14)4-7-16-11/h4,7H,3,5-6,8-9,15H2,1-2H3. The molecule has 90 valence electrons. The Morgan fingerprint density at radius 2 is 2.19 bits per heavy atom. The van der Waals surface area contributed by atoms with Gasteiger partial charge in [-0.05, 0) is 52.1 Å². The highest BCUT2D eigenvalue weighted by Crippen LogP contribution is 2.42. The number of hydrogen-bond acceptors (Lipinski definition) is 2. The Bertz CT molecular complexity index is 372. The van der Waals surface area contributed by atoms with E-state index in [2.05, 4.69) is 41.2 Å². The largest absolute Gasteiger partial charge is 0.325 e. The maximum Gasteiger partial charge on any atom is 0.0315 e. The van der Waals surface area contributed by atoms with Crippen molar-refractivity contribution >= 4 is 27.3 Å². The van der Waals surface area contributed by atoms with E-state index in [1.54, 1.807) is 0 Å². The summed E-state index contributed by atoms with van der Waals surface area (Å²) < 4.78 is 1.23. The Morgan fingerprint density at radius 1 is 1.44 bits per heavy atom. The smallest absolute Gasteiger partial charge is 0.0315 e. The summed E-state index contributed by atoms with van der Waals surface area (Å²) in [7, 11) is 0. The van der Waals surface area contributed by atoms with Crippen LogP contribution in [0.5, 0.6) is 0 Å². The number of thiophene rings is 1. The number of rotatable bonds is 2. The molecule has 0 aliphatic heterocycles. The molecule has 0 amide bonds. The third kappa shape index (κ3) is 2.88. The van der Waals surface area contributed by atoms with E-state index in [0.717, 1.165) is 12.8 Å². The van der Waals surface area contributed by atoms with Crippen molar-refractivity contribution in [2.24, 2.45) is 11.1 Å². The van der Waals surface area contributed by atoms with Gasteiger partial charge in [0.05, 0.1) is 0 Å². The van der Waals surface area contributed by atoms with Crippen LogP contribution in [0.3, 0.4) is 0 Å². The van der Waals surface area contributed by atoms with Crippen molar-refractivity contribution in [2.45, 2.75) is 51.5 Å². The average molecular weight is 302 g/mol. The summed E-state index contributed by atoms with van der Waals surface area (Å²) in [6.07, 6.45) is 5.92. The lowest BCUT2D eigenvalue weighted by atomic mass is 9.67. The van der Waals surface area contributed by atoms with Crippen molar-refractivity contribution in [1.29, 1.82) is 0 Å². The van der Waals surface area contributed by atoms with Crippen molar-refractivity contribution in [3.05, 3.63) is 20.8 Å². The molecule has 1 saturated carbocycles. The molecular weight excluding hydrogens is 282 g/mol. The molecule has 1 fully saturated rings. The predicted molar refractivity (Wildman–Crippen MR) is 74.9 cm³/mol. The minimum absolute atomic E-state index is 0.00905. The Hall–Kier alpha value is 0.140. The molecule has 3 heteroatoms. The van der Waals surface area contributed by atoms with Gasteiger partial charge in [-0.25, -0.2) is 0 Å². The van der Waals surface area contributed by atoms with E-state index in [1.165, 1.54) is 28.6 Å². The maximum absolute atomic E-state index is 6.58. The van der Waals surface area contributed by atoms with E-state index in [0.29, 0.717) is 5.41 Å². The molecule has 2 N–H and O–H groups in total. The van der Waals surface area contributed by atoms with E-state index in [-0.39, 0.29) is 5.54 Å². The third-order valence-corrected chi connectivity index (χ3v) is 5.49. The zero-order valence-electron chi connectivity index (χ0n) is 10.1. The van der Waals surface area contributed by atoms with Crippen LogP contribution in [-0.2, 0) is 6.42 Å². The van der Waals surface area contributed by atoms with E-state index in [9.17, 15) is 0 Å². The van der Waals surface area contributed by atoms with Crippen LogP contribution in [0.15, 0.2) is 15.9 Å². The van der Waals surface area contributed by atoms with Gasteiger partial charge in [0.1, 0.15) is 0 Å². The summed E-state index contributed by atoms with van der Waals surface area (Å²) >= 11 is 5.42. The molecule has 1 atom stereocenters. The molecule has 1 aromatic heterocycles. The van der Waals surface area contributed by atoms with Crippen LogP contribution in [0, 0.1) is 5.41 Å². The highest BCUT2D eigenvalue weighted by atomic mass is 79.9. The minimum Gasteiger partial charge on any atom is -0.325 e. The maximum atomic E-state index is 6.58. The first-order valence-corrected chi connectivity index (χ1v) is 7.58. The Morgan fingerprint density at radius 3 is 2.75 bits per heavy atom. The van der Waals surface area contributed by atoms with Crippen molar-refractivity contribution in [2.75, 3.05) is 0 Å². The molecule has 1 aromatic rings. The number of halogens is 1. The average Bonchev–Trinajstić information content (AvgIpc) is 2.48. The molecule has 0 bridgehead atoms. The molecule has 0 aromatic carbocycles. The fourth-order valence-corrected chi connectivity index (χ4v) is 4.62. The van der Waals surface area contributed by atoms with E-state index in [1.807, 2.05) is 11.3 Å². The first kappa shape index (κ1) is 12.6. The first-order valence-electron chi connectivity index (χ1n) is 5.91. The summed E-state index contributed by atoms with van der Waals surface area (Å²) in [6, 6.07) is 2.12. The summed E-state index contributed by atoms with van der Waals surface area (Å²) in [6.45, 7) is 4.69. The van der Waals surface area contributed by atoms with Crippen molar-refractivity contribution in [1.82, 2.24) is 0 Å². The minimum atomic E-state index is 0.00905. The van der Waals surface area contributed by atoms with Gasteiger partial charge >= 0.3 is 0 Å². The molecule has 1 nitrogen and oxygen atoms in total. The van der Waals surface area contributed by atoms with Gasteiger partial charge in [-0.3, -0.25) is 0 Å². The monoisotopic (exact) mass is 301 g/mol. The molecule has 0 saturated heterocycles. The van der Waals surface area contributed by atoms with Crippen molar-refractivity contribution < 1.29 is 0 Å². The molecule has 1 heterocycles. The number of nitrogens with two attached hydrogens (primary N) is 1. The molecule has 2 rings (SSSR count). The molecule has 0 spiro atoms. The highest BCUT2D eigenvalue weighted by molar-refractivity contribution is 9.10. The van der Waals surface area contributed by atoms with Crippen LogP contribution in [0.1, 0.15) is 44.4 Å². The van der Waals surface area contributed by atoms with Gasteiger partial charge < -0.3 is 5.73 Å². The fraction of sp³-hybridized carbons (Fsp3) is 0.692. The molecule has 1 unspecified atom stereocenters. The van der Waals surface area contributed by atoms with Crippen LogP contribution >= 0.6 is 27.3 Å². The lowest BCUT2D eigenvalue weighted by Crippen LogP contribution is -2.48. The zero-order chi connectivity index (χ0) is 11.8. The topological polar surface area (TPSA) is 26.0 Å². The van der Waals surface area contributed by atoms with Crippen LogP contribution < -0.4 is 5.73 Å². The number of hydrogen-bond donors (Lipinski definition) is 1. The fourth-order valence-electron chi connectivity index (χ4n) is 2.97. The van der Waals surface area contributed by atoms with Gasteiger partial charge in [0.15, 0.2) is 0 Å². The van der Waals surface area contributed by atoms with E-state index >= 15 is 0 Å². The normalized spacial score (nSPS) is 29.2. The summed E-state index contributed by atoms with van der Waals surface area (Å²) in [5, 5.41) is 2.14. The van der Waals surface area contributed by atoms with E-state index in [4.69, 9.17) is 5.73 Å². The Labute approximate surface area is 111 Å². The second-order valence-electron chi connectivity index (χ2n) is 5.93. The van der Waals surface area contributed by atoms with Crippen molar-refractivity contribution in [3.8, 4) is 0 Å². The van der Waals surface area contributed by atoms with Gasteiger partial charge in [0.25, 0.3) is 0 Å². The molecule has 1 aliphatic carbocycles. The van der Waals surface area contributed by atoms with Crippen LogP contribution in [0.2, 0.25) is 0 Å². The highest BCUT2D eigenvalue weighted by Gasteiger charge is 2.37. The van der Waals surface area contributed by atoms with Crippen LogP contribution in [0.4, 0.5) is 0 Å². The lowest BCUT2D eigenvalue weighted by molar-refractivity contribution is 0.151. The quantitative estimate of drug-likeness (QED) is 0.863. The summed E-state index contributed by atoms with van der Waals surface area (Å²) in [4.78, 5) is 1.40. The Kier molecular flexibility index (Phi) is 3.49. The van der Waals surface area contributed by atoms with Gasteiger partial charge in [-0.2, -0.15) is 0 Å². The SMILES string of the molecule is CC1(C)CCCC(N)(Cc2sccc2Br)C1.